The number of aromatic hydroxyl groups is 1. The Morgan fingerprint density at radius 3 is 2.76 bits per heavy atom. The molecule has 108 valence electrons. The van der Waals surface area contributed by atoms with Crippen LogP contribution in [-0.2, 0) is 0 Å². The number of halogens is 1. The number of phenolic OH excluding ortho intramolecular Hbond substituents is 1. The summed E-state index contributed by atoms with van der Waals surface area (Å²) in [4.78, 5) is 12.1. The first-order chi connectivity index (χ1) is 10.1. The molecule has 0 fully saturated rings. The van der Waals surface area contributed by atoms with Gasteiger partial charge in [0.05, 0.1) is 12.7 Å². The maximum atomic E-state index is 12.1. The van der Waals surface area contributed by atoms with Crippen molar-refractivity contribution >= 4 is 27.5 Å². The minimum atomic E-state index is -0.529. The van der Waals surface area contributed by atoms with Crippen LogP contribution >= 0.6 is 15.9 Å². The van der Waals surface area contributed by atoms with Crippen LogP contribution in [0.3, 0.4) is 0 Å². The largest absolute Gasteiger partial charge is 0.504 e. The first kappa shape index (κ1) is 13.8. The number of ether oxygens (including phenoxy) is 1. The molecule has 1 aliphatic heterocycles. The number of nitrogens with one attached hydrogen (secondary N) is 2. The Morgan fingerprint density at radius 1 is 1.24 bits per heavy atom. The number of benzene rings is 2. The van der Waals surface area contributed by atoms with E-state index in [1.807, 2.05) is 12.1 Å². The monoisotopic (exact) mass is 348 g/mol. The number of hydrogen-bond acceptors (Lipinski definition) is 4. The average molecular weight is 349 g/mol. The smallest absolute Gasteiger partial charge is 0.255 e. The number of hydrogen-bond donors (Lipinski definition) is 3. The lowest BCUT2D eigenvalue weighted by Gasteiger charge is -2.29. The van der Waals surface area contributed by atoms with Gasteiger partial charge < -0.3 is 20.5 Å². The van der Waals surface area contributed by atoms with Gasteiger partial charge in [0, 0.05) is 15.7 Å². The zero-order chi connectivity index (χ0) is 15.0. The summed E-state index contributed by atoms with van der Waals surface area (Å²) in [5, 5.41) is 16.3. The number of amides is 1. The minimum Gasteiger partial charge on any atom is -0.504 e. The van der Waals surface area contributed by atoms with Gasteiger partial charge in [-0.1, -0.05) is 28.1 Å². The van der Waals surface area contributed by atoms with Crippen LogP contribution in [0.4, 0.5) is 5.69 Å². The molecule has 0 saturated heterocycles. The van der Waals surface area contributed by atoms with Crippen LogP contribution in [0.5, 0.6) is 11.5 Å². The Bertz CT molecular complexity index is 718. The van der Waals surface area contributed by atoms with Gasteiger partial charge in [-0.25, -0.2) is 0 Å². The summed E-state index contributed by atoms with van der Waals surface area (Å²) in [6.07, 6.45) is -0.529. The topological polar surface area (TPSA) is 70.6 Å². The predicted molar refractivity (Wildman–Crippen MR) is 82.6 cm³/mol. The molecule has 6 heteroatoms. The average Bonchev–Trinajstić information content (AvgIpc) is 2.49. The third-order valence-corrected chi connectivity index (χ3v) is 3.80. The number of carbonyl (C=O) groups is 1. The lowest BCUT2D eigenvalue weighted by Crippen LogP contribution is -2.38. The van der Waals surface area contributed by atoms with Gasteiger partial charge in [0.2, 0.25) is 0 Å². The second kappa shape index (κ2) is 5.29. The normalized spacial score (nSPS) is 16.7. The first-order valence-electron chi connectivity index (χ1n) is 6.33. The summed E-state index contributed by atoms with van der Waals surface area (Å²) in [6, 6.07) is 10.6. The zero-order valence-corrected chi connectivity index (χ0v) is 12.8. The highest BCUT2D eigenvalue weighted by Gasteiger charge is 2.27. The highest BCUT2D eigenvalue weighted by molar-refractivity contribution is 9.10. The molecule has 0 bridgehead atoms. The van der Waals surface area contributed by atoms with Crippen molar-refractivity contribution in [1.82, 2.24) is 5.32 Å². The number of rotatable bonds is 2. The van der Waals surface area contributed by atoms with Crippen LogP contribution in [0, 0.1) is 0 Å². The lowest BCUT2D eigenvalue weighted by atomic mass is 10.0. The number of para-hydroxylation sites is 1. The van der Waals surface area contributed by atoms with E-state index in [0.717, 1.165) is 10.2 Å². The molecule has 0 saturated carbocycles. The molecular formula is C15H13BrN2O3. The molecule has 3 rings (SSSR count). The molecule has 0 aliphatic carbocycles. The molecule has 1 amide bonds. The van der Waals surface area contributed by atoms with E-state index >= 15 is 0 Å². The predicted octanol–water partition coefficient (Wildman–Crippen LogP) is 3.02. The zero-order valence-electron chi connectivity index (χ0n) is 11.2. The molecule has 0 radical (unpaired) electrons. The van der Waals surface area contributed by atoms with E-state index in [1.165, 1.54) is 7.11 Å². The van der Waals surface area contributed by atoms with E-state index in [0.29, 0.717) is 16.9 Å². The maximum absolute atomic E-state index is 12.1. The Morgan fingerprint density at radius 2 is 2.00 bits per heavy atom. The Labute approximate surface area is 130 Å². The Hall–Kier alpha value is -2.21. The number of anilines is 1. The van der Waals surface area contributed by atoms with Gasteiger partial charge in [0.15, 0.2) is 11.5 Å². The molecule has 5 nitrogen and oxygen atoms in total. The van der Waals surface area contributed by atoms with E-state index in [4.69, 9.17) is 4.74 Å². The molecule has 1 atom stereocenters. The van der Waals surface area contributed by atoms with Crippen molar-refractivity contribution in [2.75, 3.05) is 12.4 Å². The maximum Gasteiger partial charge on any atom is 0.255 e. The van der Waals surface area contributed by atoms with Crippen LogP contribution in [0.1, 0.15) is 22.1 Å². The van der Waals surface area contributed by atoms with Crippen molar-refractivity contribution in [3.63, 3.8) is 0 Å². The minimum absolute atomic E-state index is 0.00196. The third kappa shape index (κ3) is 2.42. The van der Waals surface area contributed by atoms with Gasteiger partial charge in [-0.05, 0) is 24.3 Å². The van der Waals surface area contributed by atoms with Gasteiger partial charge in [-0.3, -0.25) is 4.79 Å². The molecule has 0 spiro atoms. The summed E-state index contributed by atoms with van der Waals surface area (Å²) < 4.78 is 5.89. The van der Waals surface area contributed by atoms with Gasteiger partial charge >= 0.3 is 0 Å². The van der Waals surface area contributed by atoms with Crippen molar-refractivity contribution < 1.29 is 14.6 Å². The summed E-state index contributed by atoms with van der Waals surface area (Å²) in [5.74, 6) is 0.153. The molecule has 1 heterocycles. The highest BCUT2D eigenvalue weighted by Crippen LogP contribution is 2.38. The van der Waals surface area contributed by atoms with E-state index in [1.54, 1.807) is 24.3 Å². The van der Waals surface area contributed by atoms with Crippen LogP contribution in [0.15, 0.2) is 40.9 Å². The summed E-state index contributed by atoms with van der Waals surface area (Å²) in [7, 11) is 1.48. The van der Waals surface area contributed by atoms with Crippen LogP contribution < -0.4 is 15.4 Å². The molecule has 0 aromatic heterocycles. The Kier molecular flexibility index (Phi) is 3.47. The number of carbonyl (C=O) groups excluding carboxylic acids is 1. The number of fused-ring (bicyclic) bond motifs is 1. The van der Waals surface area contributed by atoms with Crippen molar-refractivity contribution in [2.24, 2.45) is 0 Å². The van der Waals surface area contributed by atoms with Gasteiger partial charge in [-0.2, -0.15) is 0 Å². The van der Waals surface area contributed by atoms with Crippen molar-refractivity contribution in [2.45, 2.75) is 6.17 Å². The second-order valence-corrected chi connectivity index (χ2v) is 5.56. The standard InChI is InChI=1S/C15H13BrN2O3/c1-21-12-7-8(16)6-10(13(12)19)14-17-11-5-3-2-4-9(11)15(20)18-14/h2-7,14,17,19H,1H3,(H,18,20)/t14-/m1/s1. The van der Waals surface area contributed by atoms with E-state index in [9.17, 15) is 9.90 Å². The second-order valence-electron chi connectivity index (χ2n) is 4.64. The molecule has 2 aromatic rings. The lowest BCUT2D eigenvalue weighted by molar-refractivity contribution is 0.0935. The first-order valence-corrected chi connectivity index (χ1v) is 7.12. The van der Waals surface area contributed by atoms with Crippen LogP contribution in [0.2, 0.25) is 0 Å². The fourth-order valence-electron chi connectivity index (χ4n) is 2.33. The molecule has 0 unspecified atom stereocenters. The van der Waals surface area contributed by atoms with Crippen LogP contribution in [0.25, 0.3) is 0 Å². The van der Waals surface area contributed by atoms with Crippen molar-refractivity contribution in [3.8, 4) is 11.5 Å². The number of phenols is 1. The quantitative estimate of drug-likeness (QED) is 0.780. The molecule has 1 aliphatic rings. The van der Waals surface area contributed by atoms with E-state index < -0.39 is 6.17 Å². The SMILES string of the molecule is COc1cc(Br)cc([C@H]2NC(=O)c3ccccc3N2)c1O. The third-order valence-electron chi connectivity index (χ3n) is 3.35. The highest BCUT2D eigenvalue weighted by atomic mass is 79.9. The number of methoxy groups -OCH3 is 1. The molecular weight excluding hydrogens is 336 g/mol. The molecule has 3 N–H and O–H groups in total. The van der Waals surface area contributed by atoms with Crippen molar-refractivity contribution in [1.29, 1.82) is 0 Å². The van der Waals surface area contributed by atoms with Gasteiger partial charge in [0.25, 0.3) is 5.91 Å². The van der Waals surface area contributed by atoms with Crippen LogP contribution in [-0.4, -0.2) is 18.1 Å². The molecule has 21 heavy (non-hydrogen) atoms. The fourth-order valence-corrected chi connectivity index (χ4v) is 2.79. The van der Waals surface area contributed by atoms with E-state index in [2.05, 4.69) is 26.6 Å². The van der Waals surface area contributed by atoms with Gasteiger partial charge in [0.1, 0.15) is 6.17 Å². The van der Waals surface area contributed by atoms with E-state index in [-0.39, 0.29) is 11.7 Å². The van der Waals surface area contributed by atoms with Gasteiger partial charge in [-0.15, -0.1) is 0 Å². The summed E-state index contributed by atoms with van der Waals surface area (Å²) in [5.41, 5.74) is 1.84. The summed E-state index contributed by atoms with van der Waals surface area (Å²) >= 11 is 3.37. The Balaban J connectivity index is 2.04. The summed E-state index contributed by atoms with van der Waals surface area (Å²) in [6.45, 7) is 0. The van der Waals surface area contributed by atoms with Crippen molar-refractivity contribution in [3.05, 3.63) is 52.0 Å². The molecule has 2 aromatic carbocycles. The fraction of sp³-hybridized carbons (Fsp3) is 0.133.